The van der Waals surface area contributed by atoms with E-state index in [1.807, 2.05) is 30.0 Å². The lowest BCUT2D eigenvalue weighted by Crippen LogP contribution is -2.31. The Morgan fingerprint density at radius 3 is 2.86 bits per heavy atom. The van der Waals surface area contributed by atoms with Crippen LogP contribution in [0.25, 0.3) is 10.2 Å². The third-order valence-electron chi connectivity index (χ3n) is 6.22. The lowest BCUT2D eigenvalue weighted by Gasteiger charge is -2.28. The number of rotatable bonds is 2. The number of likely N-dealkylation sites (tertiary alicyclic amines) is 1. The van der Waals surface area contributed by atoms with Crippen molar-refractivity contribution in [2.75, 3.05) is 6.54 Å². The summed E-state index contributed by atoms with van der Waals surface area (Å²) < 4.78 is 1.15. The molecule has 1 N–H and O–H groups in total. The molecule has 0 saturated carbocycles. The molecular formula is C23H25N3O2S. The molecule has 1 saturated heterocycles. The van der Waals surface area contributed by atoms with Crippen molar-refractivity contribution in [2.45, 2.75) is 52.5 Å². The molecule has 1 aliphatic heterocycles. The van der Waals surface area contributed by atoms with Crippen LogP contribution in [0.3, 0.4) is 0 Å². The number of aromatic amines is 1. The van der Waals surface area contributed by atoms with Gasteiger partial charge in [-0.1, -0.05) is 26.0 Å². The average molecular weight is 408 g/mol. The van der Waals surface area contributed by atoms with E-state index in [1.165, 1.54) is 0 Å². The Morgan fingerprint density at radius 2 is 2.07 bits per heavy atom. The summed E-state index contributed by atoms with van der Waals surface area (Å²) in [6.07, 6.45) is 3.22. The molecule has 1 aliphatic carbocycles. The number of H-pyrrole nitrogens is 1. The van der Waals surface area contributed by atoms with Gasteiger partial charge in [0.05, 0.1) is 16.3 Å². The van der Waals surface area contributed by atoms with Crippen molar-refractivity contribution in [1.82, 2.24) is 14.9 Å². The minimum Gasteiger partial charge on any atom is -0.354 e. The van der Waals surface area contributed by atoms with Gasteiger partial charge in [0.15, 0.2) is 5.78 Å². The number of ketones is 1. The predicted molar refractivity (Wildman–Crippen MR) is 115 cm³/mol. The fourth-order valence-corrected chi connectivity index (χ4v) is 6.00. The Labute approximate surface area is 174 Å². The molecule has 5 rings (SSSR count). The third-order valence-corrected chi connectivity index (χ3v) is 7.36. The molecule has 1 atom stereocenters. The summed E-state index contributed by atoms with van der Waals surface area (Å²) in [6.45, 7) is 6.84. The van der Waals surface area contributed by atoms with Gasteiger partial charge in [-0.3, -0.25) is 9.59 Å². The molecule has 0 radical (unpaired) electrons. The molecular weight excluding hydrogens is 382 g/mol. The number of nitrogens with one attached hydrogen (secondary N) is 1. The second kappa shape index (κ2) is 6.52. The Kier molecular flexibility index (Phi) is 4.17. The van der Waals surface area contributed by atoms with Crippen LogP contribution in [0.5, 0.6) is 0 Å². The molecule has 0 unspecified atom stereocenters. The number of para-hydroxylation sites is 1. The first kappa shape index (κ1) is 18.6. The van der Waals surface area contributed by atoms with Crippen LogP contribution in [0.4, 0.5) is 0 Å². The number of thiazole rings is 1. The van der Waals surface area contributed by atoms with E-state index in [0.29, 0.717) is 12.1 Å². The average Bonchev–Trinajstić information content (AvgIpc) is 3.36. The first-order valence-electron chi connectivity index (χ1n) is 10.3. The largest absolute Gasteiger partial charge is 0.354 e. The number of nitrogens with zero attached hydrogens (tertiary/aromatic N) is 2. The highest BCUT2D eigenvalue weighted by molar-refractivity contribution is 7.18. The number of fused-ring (bicyclic) bond motifs is 2. The summed E-state index contributed by atoms with van der Waals surface area (Å²) in [5.41, 5.74) is 3.96. The van der Waals surface area contributed by atoms with Crippen molar-refractivity contribution < 1.29 is 9.59 Å². The zero-order valence-electron chi connectivity index (χ0n) is 17.0. The minimum atomic E-state index is -0.0706. The maximum Gasteiger partial charge on any atom is 0.271 e. The van der Waals surface area contributed by atoms with Gasteiger partial charge in [-0.05, 0) is 49.3 Å². The topological polar surface area (TPSA) is 66.1 Å². The summed E-state index contributed by atoms with van der Waals surface area (Å²) >= 11 is 1.67. The van der Waals surface area contributed by atoms with Crippen LogP contribution >= 0.6 is 11.3 Å². The maximum absolute atomic E-state index is 13.5. The van der Waals surface area contributed by atoms with Crippen LogP contribution in [0.15, 0.2) is 24.3 Å². The number of aromatic nitrogens is 2. The molecule has 3 aromatic rings. The van der Waals surface area contributed by atoms with Gasteiger partial charge in [-0.25, -0.2) is 4.98 Å². The molecule has 6 heteroatoms. The Hall–Kier alpha value is -2.47. The molecule has 1 fully saturated rings. The molecule has 1 aromatic carbocycles. The van der Waals surface area contributed by atoms with Crippen molar-refractivity contribution in [3.8, 4) is 0 Å². The monoisotopic (exact) mass is 407 g/mol. The Balaban J connectivity index is 1.50. The van der Waals surface area contributed by atoms with Crippen LogP contribution < -0.4 is 0 Å². The molecule has 0 bridgehead atoms. The third kappa shape index (κ3) is 3.01. The quantitative estimate of drug-likeness (QED) is 0.645. The number of carbonyl (C=O) groups excluding carboxylic acids is 2. The van der Waals surface area contributed by atoms with E-state index < -0.39 is 0 Å². The fraction of sp³-hybridized carbons (Fsp3) is 0.435. The zero-order chi connectivity index (χ0) is 20.3. The molecule has 0 spiro atoms. The SMILES string of the molecule is Cc1c(C(=O)N2CCC[C@H]2c2nc3ccccc3s2)[nH]c2c1C(=O)CC(C)(C)C2. The van der Waals surface area contributed by atoms with Crippen molar-refractivity contribution >= 4 is 33.2 Å². The second-order valence-corrected chi connectivity index (χ2v) is 10.2. The fourth-order valence-electron chi connectivity index (χ4n) is 4.89. The van der Waals surface area contributed by atoms with Gasteiger partial charge in [-0.2, -0.15) is 0 Å². The standard InChI is InChI=1S/C23H25N3O2S/c1-13-19-15(11-23(2,3)12-17(19)27)24-20(13)22(28)26-10-6-8-16(26)21-25-14-7-4-5-9-18(14)29-21/h4-5,7,9,16,24H,6,8,10-12H2,1-3H3/t16-/m0/s1. The molecule has 1 amide bonds. The number of benzene rings is 1. The van der Waals surface area contributed by atoms with Gasteiger partial charge in [0.2, 0.25) is 0 Å². The van der Waals surface area contributed by atoms with E-state index in [1.54, 1.807) is 11.3 Å². The lowest BCUT2D eigenvalue weighted by molar-refractivity contribution is 0.0729. The highest BCUT2D eigenvalue weighted by Crippen LogP contribution is 2.40. The van der Waals surface area contributed by atoms with Gasteiger partial charge in [0.25, 0.3) is 5.91 Å². The van der Waals surface area contributed by atoms with E-state index in [4.69, 9.17) is 4.98 Å². The van der Waals surface area contributed by atoms with E-state index >= 15 is 0 Å². The molecule has 2 aliphatic rings. The van der Waals surface area contributed by atoms with Gasteiger partial charge in [-0.15, -0.1) is 11.3 Å². The number of hydrogen-bond acceptors (Lipinski definition) is 4. The zero-order valence-corrected chi connectivity index (χ0v) is 17.9. The highest BCUT2D eigenvalue weighted by Gasteiger charge is 2.38. The molecule has 29 heavy (non-hydrogen) atoms. The highest BCUT2D eigenvalue weighted by atomic mass is 32.1. The van der Waals surface area contributed by atoms with E-state index in [9.17, 15) is 9.59 Å². The van der Waals surface area contributed by atoms with Crippen LogP contribution in [0.2, 0.25) is 0 Å². The first-order chi connectivity index (χ1) is 13.8. The van der Waals surface area contributed by atoms with Crippen LogP contribution in [-0.2, 0) is 6.42 Å². The summed E-state index contributed by atoms with van der Waals surface area (Å²) in [5.74, 6) is 0.137. The smallest absolute Gasteiger partial charge is 0.271 e. The maximum atomic E-state index is 13.5. The first-order valence-corrected chi connectivity index (χ1v) is 11.1. The van der Waals surface area contributed by atoms with Crippen LogP contribution in [0, 0.1) is 12.3 Å². The van der Waals surface area contributed by atoms with Crippen LogP contribution in [-0.4, -0.2) is 33.1 Å². The van der Waals surface area contributed by atoms with Crippen molar-refractivity contribution in [1.29, 1.82) is 0 Å². The summed E-state index contributed by atoms with van der Waals surface area (Å²) in [6, 6.07) is 8.12. The molecule has 2 aromatic heterocycles. The number of amides is 1. The van der Waals surface area contributed by atoms with E-state index in [-0.39, 0.29) is 23.1 Å². The second-order valence-electron chi connectivity index (χ2n) is 9.10. The molecule has 5 nitrogen and oxygen atoms in total. The number of hydrogen-bond donors (Lipinski definition) is 1. The van der Waals surface area contributed by atoms with Crippen molar-refractivity contribution in [3.63, 3.8) is 0 Å². The Morgan fingerprint density at radius 1 is 1.28 bits per heavy atom. The van der Waals surface area contributed by atoms with Crippen molar-refractivity contribution in [2.24, 2.45) is 5.41 Å². The summed E-state index contributed by atoms with van der Waals surface area (Å²) in [5, 5.41) is 1.00. The predicted octanol–water partition coefficient (Wildman–Crippen LogP) is 5.07. The summed E-state index contributed by atoms with van der Waals surface area (Å²) in [7, 11) is 0. The number of Topliss-reactive ketones (excluding diaryl/α,β-unsaturated/α-hetero) is 1. The summed E-state index contributed by atoms with van der Waals surface area (Å²) in [4.78, 5) is 36.3. The molecule has 3 heterocycles. The van der Waals surface area contributed by atoms with Crippen molar-refractivity contribution in [3.05, 3.63) is 51.8 Å². The van der Waals surface area contributed by atoms with Crippen LogP contribution in [0.1, 0.15) is 76.3 Å². The normalized spacial score (nSPS) is 21.0. The molecule has 150 valence electrons. The van der Waals surface area contributed by atoms with Gasteiger partial charge in [0.1, 0.15) is 10.7 Å². The Bertz CT molecular complexity index is 1110. The van der Waals surface area contributed by atoms with E-state index in [0.717, 1.165) is 57.9 Å². The van der Waals surface area contributed by atoms with Gasteiger partial charge >= 0.3 is 0 Å². The lowest BCUT2D eigenvalue weighted by atomic mass is 9.75. The number of carbonyl (C=O) groups is 2. The van der Waals surface area contributed by atoms with Gasteiger partial charge < -0.3 is 9.88 Å². The van der Waals surface area contributed by atoms with E-state index in [2.05, 4.69) is 24.9 Å². The minimum absolute atomic E-state index is 0.00627. The van der Waals surface area contributed by atoms with Gasteiger partial charge in [0, 0.05) is 24.2 Å².